The molecule has 1 aliphatic heterocycles. The quantitative estimate of drug-likeness (QED) is 0.889. The standard InChI is InChI=1S/C15H20N2O2/c1-10-5-7-12(14(18)17-10)19-11-6-8-13(16-9-11)15(2,3)4/h6,8-9,12H,1,5,7H2,2-4H3,(H,17,18). The lowest BCUT2D eigenvalue weighted by molar-refractivity contribution is -0.128. The molecule has 2 rings (SSSR count). The SMILES string of the molecule is C=C1CCC(Oc2ccc(C(C)(C)C)nc2)C(=O)N1. The molecule has 0 spiro atoms. The lowest BCUT2D eigenvalue weighted by atomic mass is 9.92. The van der Waals surface area contributed by atoms with E-state index >= 15 is 0 Å². The molecule has 2 heterocycles. The minimum Gasteiger partial charge on any atom is -0.479 e. The van der Waals surface area contributed by atoms with Gasteiger partial charge in [-0.15, -0.1) is 0 Å². The Morgan fingerprint density at radius 3 is 2.68 bits per heavy atom. The van der Waals surface area contributed by atoms with E-state index in [0.29, 0.717) is 12.2 Å². The Morgan fingerprint density at radius 1 is 1.42 bits per heavy atom. The molecule has 19 heavy (non-hydrogen) atoms. The fourth-order valence-electron chi connectivity index (χ4n) is 1.92. The van der Waals surface area contributed by atoms with E-state index in [0.717, 1.165) is 17.8 Å². The van der Waals surface area contributed by atoms with Gasteiger partial charge < -0.3 is 10.1 Å². The number of allylic oxidation sites excluding steroid dienone is 1. The number of aromatic nitrogens is 1. The third-order valence-electron chi connectivity index (χ3n) is 3.08. The van der Waals surface area contributed by atoms with Crippen LogP contribution in [0.25, 0.3) is 0 Å². The van der Waals surface area contributed by atoms with E-state index < -0.39 is 6.10 Å². The van der Waals surface area contributed by atoms with Gasteiger partial charge in [-0.05, 0) is 25.0 Å². The summed E-state index contributed by atoms with van der Waals surface area (Å²) in [5.74, 6) is 0.497. The minimum atomic E-state index is -0.451. The van der Waals surface area contributed by atoms with E-state index in [1.165, 1.54) is 0 Å². The Bertz CT molecular complexity index is 486. The van der Waals surface area contributed by atoms with Gasteiger partial charge in [0.15, 0.2) is 6.10 Å². The minimum absolute atomic E-state index is 0.0124. The van der Waals surface area contributed by atoms with Crippen molar-refractivity contribution in [3.05, 3.63) is 36.3 Å². The van der Waals surface area contributed by atoms with Gasteiger partial charge in [-0.3, -0.25) is 9.78 Å². The topological polar surface area (TPSA) is 51.2 Å². The van der Waals surface area contributed by atoms with Gasteiger partial charge in [0.25, 0.3) is 5.91 Å². The molecular weight excluding hydrogens is 240 g/mol. The summed E-state index contributed by atoms with van der Waals surface area (Å²) in [7, 11) is 0. The first-order valence-electron chi connectivity index (χ1n) is 6.48. The molecule has 1 N–H and O–H groups in total. The van der Waals surface area contributed by atoms with Gasteiger partial charge in [0, 0.05) is 16.8 Å². The monoisotopic (exact) mass is 260 g/mol. The number of nitrogens with one attached hydrogen (secondary N) is 1. The van der Waals surface area contributed by atoms with E-state index in [-0.39, 0.29) is 11.3 Å². The number of piperidine rings is 1. The predicted octanol–water partition coefficient (Wildman–Crippen LogP) is 2.55. The molecule has 1 unspecified atom stereocenters. The zero-order valence-electron chi connectivity index (χ0n) is 11.7. The number of amides is 1. The number of nitrogens with zero attached hydrogens (tertiary/aromatic N) is 1. The Balaban J connectivity index is 2.04. The zero-order chi connectivity index (χ0) is 14.0. The summed E-state index contributed by atoms with van der Waals surface area (Å²) in [6.07, 6.45) is 2.64. The summed E-state index contributed by atoms with van der Waals surface area (Å²) in [5, 5.41) is 2.71. The third kappa shape index (κ3) is 3.34. The molecule has 1 amide bonds. The van der Waals surface area contributed by atoms with Crippen molar-refractivity contribution in [3.8, 4) is 5.75 Å². The van der Waals surface area contributed by atoms with Crippen LogP contribution >= 0.6 is 0 Å². The Labute approximate surface area is 113 Å². The van der Waals surface area contributed by atoms with E-state index in [9.17, 15) is 4.79 Å². The summed E-state index contributed by atoms with van der Waals surface area (Å²) in [6, 6.07) is 3.80. The first-order valence-corrected chi connectivity index (χ1v) is 6.48. The highest BCUT2D eigenvalue weighted by Gasteiger charge is 2.25. The third-order valence-corrected chi connectivity index (χ3v) is 3.08. The molecule has 4 heteroatoms. The van der Waals surface area contributed by atoms with Gasteiger partial charge in [-0.1, -0.05) is 27.4 Å². The fourth-order valence-corrected chi connectivity index (χ4v) is 1.92. The van der Waals surface area contributed by atoms with Crippen LogP contribution < -0.4 is 10.1 Å². The number of carbonyl (C=O) groups is 1. The van der Waals surface area contributed by atoms with Crippen LogP contribution in [0, 0.1) is 0 Å². The highest BCUT2D eigenvalue weighted by molar-refractivity contribution is 5.83. The van der Waals surface area contributed by atoms with Crippen molar-refractivity contribution in [2.24, 2.45) is 0 Å². The van der Waals surface area contributed by atoms with Crippen LogP contribution in [0.2, 0.25) is 0 Å². The second kappa shape index (κ2) is 5.03. The van der Waals surface area contributed by atoms with Crippen molar-refractivity contribution < 1.29 is 9.53 Å². The van der Waals surface area contributed by atoms with Gasteiger partial charge in [-0.2, -0.15) is 0 Å². The second-order valence-electron chi connectivity index (χ2n) is 5.87. The van der Waals surface area contributed by atoms with Crippen LogP contribution in [0.1, 0.15) is 39.3 Å². The highest BCUT2D eigenvalue weighted by Crippen LogP contribution is 2.23. The van der Waals surface area contributed by atoms with Crippen LogP contribution in [-0.4, -0.2) is 17.0 Å². The van der Waals surface area contributed by atoms with Crippen molar-refractivity contribution in [3.63, 3.8) is 0 Å². The van der Waals surface area contributed by atoms with Gasteiger partial charge >= 0.3 is 0 Å². The molecule has 0 bridgehead atoms. The normalized spacial score (nSPS) is 20.1. The number of carbonyl (C=O) groups excluding carboxylic acids is 1. The van der Waals surface area contributed by atoms with Gasteiger partial charge in [0.2, 0.25) is 0 Å². The number of rotatable bonds is 2. The number of hydrogen-bond donors (Lipinski definition) is 1. The van der Waals surface area contributed by atoms with Crippen molar-refractivity contribution in [2.45, 2.75) is 45.1 Å². The van der Waals surface area contributed by atoms with Gasteiger partial charge in [-0.25, -0.2) is 0 Å². The molecule has 1 aromatic rings. The Kier molecular flexibility index (Phi) is 3.60. The molecule has 0 aromatic carbocycles. The van der Waals surface area contributed by atoms with Crippen LogP contribution in [0.4, 0.5) is 0 Å². The van der Waals surface area contributed by atoms with E-state index in [1.54, 1.807) is 6.20 Å². The summed E-state index contributed by atoms with van der Waals surface area (Å²) in [5.41, 5.74) is 1.77. The van der Waals surface area contributed by atoms with Crippen molar-refractivity contribution in [1.82, 2.24) is 10.3 Å². The van der Waals surface area contributed by atoms with E-state index in [2.05, 4.69) is 37.7 Å². The van der Waals surface area contributed by atoms with Crippen LogP contribution in [0.5, 0.6) is 5.75 Å². The lowest BCUT2D eigenvalue weighted by Gasteiger charge is -2.24. The fraction of sp³-hybridized carbons (Fsp3) is 0.467. The predicted molar refractivity (Wildman–Crippen MR) is 73.9 cm³/mol. The average Bonchev–Trinajstić information content (AvgIpc) is 2.32. The van der Waals surface area contributed by atoms with Gasteiger partial charge in [0.1, 0.15) is 5.75 Å². The summed E-state index contributed by atoms with van der Waals surface area (Å²) in [6.45, 7) is 10.1. The number of ether oxygens (including phenoxy) is 1. The molecule has 0 saturated carbocycles. The summed E-state index contributed by atoms with van der Waals surface area (Å²) >= 11 is 0. The average molecular weight is 260 g/mol. The van der Waals surface area contributed by atoms with E-state index in [4.69, 9.17) is 4.74 Å². The first-order chi connectivity index (χ1) is 8.86. The molecule has 1 aromatic heterocycles. The smallest absolute Gasteiger partial charge is 0.265 e. The van der Waals surface area contributed by atoms with E-state index in [1.807, 2.05) is 12.1 Å². The molecular formula is C15H20N2O2. The van der Waals surface area contributed by atoms with Crippen molar-refractivity contribution in [2.75, 3.05) is 0 Å². The molecule has 0 aliphatic carbocycles. The molecule has 102 valence electrons. The first kappa shape index (κ1) is 13.6. The second-order valence-corrected chi connectivity index (χ2v) is 5.87. The summed E-state index contributed by atoms with van der Waals surface area (Å²) < 4.78 is 5.67. The Morgan fingerprint density at radius 2 is 2.16 bits per heavy atom. The van der Waals surface area contributed by atoms with Gasteiger partial charge in [0.05, 0.1) is 6.20 Å². The molecule has 1 saturated heterocycles. The number of pyridine rings is 1. The maximum absolute atomic E-state index is 11.7. The molecule has 1 aliphatic rings. The lowest BCUT2D eigenvalue weighted by Crippen LogP contribution is -2.41. The molecule has 0 radical (unpaired) electrons. The van der Waals surface area contributed by atoms with Crippen molar-refractivity contribution in [1.29, 1.82) is 0 Å². The largest absolute Gasteiger partial charge is 0.479 e. The molecule has 4 nitrogen and oxygen atoms in total. The zero-order valence-corrected chi connectivity index (χ0v) is 11.7. The van der Waals surface area contributed by atoms with Crippen molar-refractivity contribution >= 4 is 5.91 Å². The highest BCUT2D eigenvalue weighted by atomic mass is 16.5. The maximum atomic E-state index is 11.7. The Hall–Kier alpha value is -1.84. The molecule has 1 atom stereocenters. The summed E-state index contributed by atoms with van der Waals surface area (Å²) in [4.78, 5) is 16.1. The maximum Gasteiger partial charge on any atom is 0.265 e. The number of hydrogen-bond acceptors (Lipinski definition) is 3. The van der Waals surface area contributed by atoms with Crippen LogP contribution in [-0.2, 0) is 10.2 Å². The van der Waals surface area contributed by atoms with Crippen LogP contribution in [0.3, 0.4) is 0 Å². The molecule has 1 fully saturated rings. The van der Waals surface area contributed by atoms with Crippen LogP contribution in [0.15, 0.2) is 30.6 Å².